The number of halogens is 1. The zero-order chi connectivity index (χ0) is 22.5. The van der Waals surface area contributed by atoms with Gasteiger partial charge in [0, 0.05) is 23.5 Å². The first kappa shape index (κ1) is 22.9. The van der Waals surface area contributed by atoms with Crippen molar-refractivity contribution in [3.05, 3.63) is 47.0 Å². The van der Waals surface area contributed by atoms with E-state index in [-0.39, 0.29) is 17.6 Å². The van der Waals surface area contributed by atoms with Gasteiger partial charge in [-0.1, -0.05) is 13.8 Å². The van der Waals surface area contributed by atoms with Crippen LogP contribution in [0.4, 0.5) is 10.1 Å². The fourth-order valence-corrected chi connectivity index (χ4v) is 3.99. The maximum absolute atomic E-state index is 13.0. The van der Waals surface area contributed by atoms with Gasteiger partial charge in [-0.3, -0.25) is 14.3 Å². The quantitative estimate of drug-likeness (QED) is 0.694. The van der Waals surface area contributed by atoms with Gasteiger partial charge in [0.2, 0.25) is 5.91 Å². The predicted molar refractivity (Wildman–Crippen MR) is 117 cm³/mol. The summed E-state index contributed by atoms with van der Waals surface area (Å²) >= 11 is 0. The van der Waals surface area contributed by atoms with E-state index in [2.05, 4.69) is 24.3 Å². The van der Waals surface area contributed by atoms with Crippen molar-refractivity contribution in [2.24, 2.45) is 5.92 Å². The van der Waals surface area contributed by atoms with Crippen molar-refractivity contribution in [3.8, 4) is 0 Å². The average Bonchev–Trinajstić information content (AvgIpc) is 2.97. The lowest BCUT2D eigenvalue weighted by atomic mass is 10.1. The van der Waals surface area contributed by atoms with Crippen molar-refractivity contribution in [2.45, 2.75) is 40.7 Å². The summed E-state index contributed by atoms with van der Waals surface area (Å²) < 4.78 is 15.0. The van der Waals surface area contributed by atoms with Gasteiger partial charge in [-0.05, 0) is 44.0 Å². The van der Waals surface area contributed by atoms with Gasteiger partial charge in [0.15, 0.2) is 6.54 Å². The number of hydrogen-bond acceptors (Lipinski definition) is 3. The van der Waals surface area contributed by atoms with Crippen LogP contribution in [0.1, 0.15) is 30.8 Å². The second-order valence-corrected chi connectivity index (χ2v) is 8.76. The Morgan fingerprint density at radius 3 is 2.42 bits per heavy atom. The van der Waals surface area contributed by atoms with Gasteiger partial charge in [0.25, 0.3) is 5.91 Å². The molecule has 0 saturated carbocycles. The summed E-state index contributed by atoms with van der Waals surface area (Å²) in [5, 5.41) is 7.40. The van der Waals surface area contributed by atoms with Crippen LogP contribution in [-0.2, 0) is 22.6 Å². The minimum Gasteiger partial charge on any atom is -0.331 e. The van der Waals surface area contributed by atoms with E-state index in [1.54, 1.807) is 12.1 Å². The van der Waals surface area contributed by atoms with Crippen molar-refractivity contribution in [1.82, 2.24) is 14.7 Å². The lowest BCUT2D eigenvalue weighted by Gasteiger charge is -2.32. The minimum absolute atomic E-state index is 0.106. The van der Waals surface area contributed by atoms with Crippen LogP contribution in [0.15, 0.2) is 24.3 Å². The zero-order valence-corrected chi connectivity index (χ0v) is 18.9. The summed E-state index contributed by atoms with van der Waals surface area (Å²) in [7, 11) is 0. The van der Waals surface area contributed by atoms with Gasteiger partial charge in [0.1, 0.15) is 5.82 Å². The second kappa shape index (κ2) is 10.0. The highest BCUT2D eigenvalue weighted by Gasteiger charge is 2.26. The molecule has 1 aromatic heterocycles. The van der Waals surface area contributed by atoms with Crippen molar-refractivity contribution >= 4 is 17.5 Å². The highest BCUT2D eigenvalue weighted by atomic mass is 19.1. The minimum atomic E-state index is -0.331. The van der Waals surface area contributed by atoms with Crippen LogP contribution in [0.3, 0.4) is 0 Å². The predicted octanol–water partition coefficient (Wildman–Crippen LogP) is 1.20. The molecule has 1 aliphatic heterocycles. The fraction of sp³-hybridized carbons (Fsp3) is 0.522. The molecule has 2 amide bonds. The van der Waals surface area contributed by atoms with Crippen molar-refractivity contribution < 1.29 is 18.9 Å². The van der Waals surface area contributed by atoms with E-state index >= 15 is 0 Å². The SMILES string of the molecule is Cc1nn(CC(C)C)c(C)c1CC(=O)N1CC[NH+](CC(=O)Nc2ccc(F)cc2)CC1. The van der Waals surface area contributed by atoms with E-state index in [0.29, 0.717) is 37.7 Å². The number of hydrogen-bond donors (Lipinski definition) is 2. The van der Waals surface area contributed by atoms with Crippen LogP contribution >= 0.6 is 0 Å². The Kier molecular flexibility index (Phi) is 7.43. The Morgan fingerprint density at radius 1 is 1.16 bits per heavy atom. The molecular weight excluding hydrogens is 397 g/mol. The fourth-order valence-electron chi connectivity index (χ4n) is 3.99. The number of nitrogens with one attached hydrogen (secondary N) is 2. The third-order valence-electron chi connectivity index (χ3n) is 5.76. The van der Waals surface area contributed by atoms with Crippen LogP contribution in [0.25, 0.3) is 0 Å². The molecule has 0 bridgehead atoms. The Bertz CT molecular complexity index is 915. The molecule has 2 aromatic rings. The van der Waals surface area contributed by atoms with E-state index in [0.717, 1.165) is 41.5 Å². The molecule has 0 atom stereocenters. The number of benzene rings is 1. The molecule has 2 heterocycles. The normalized spacial score (nSPS) is 14.8. The van der Waals surface area contributed by atoms with Crippen LogP contribution in [0.2, 0.25) is 0 Å². The van der Waals surface area contributed by atoms with Gasteiger partial charge in [0.05, 0.1) is 38.3 Å². The molecule has 31 heavy (non-hydrogen) atoms. The van der Waals surface area contributed by atoms with E-state index in [9.17, 15) is 14.0 Å². The molecule has 3 rings (SSSR count). The summed E-state index contributed by atoms with van der Waals surface area (Å²) in [6.45, 7) is 12.2. The maximum Gasteiger partial charge on any atom is 0.279 e. The summed E-state index contributed by atoms with van der Waals surface area (Å²) in [6, 6.07) is 5.74. The number of quaternary nitrogens is 1. The van der Waals surface area contributed by atoms with E-state index in [1.165, 1.54) is 12.1 Å². The number of carbonyl (C=O) groups excluding carboxylic acids is 2. The summed E-state index contributed by atoms with van der Waals surface area (Å²) in [4.78, 5) is 28.2. The number of anilines is 1. The van der Waals surface area contributed by atoms with Gasteiger partial charge in [-0.15, -0.1) is 0 Å². The van der Waals surface area contributed by atoms with E-state index < -0.39 is 0 Å². The summed E-state index contributed by atoms with van der Waals surface area (Å²) in [6.07, 6.45) is 0.371. The van der Waals surface area contributed by atoms with Crippen LogP contribution in [0, 0.1) is 25.6 Å². The Morgan fingerprint density at radius 2 is 1.81 bits per heavy atom. The smallest absolute Gasteiger partial charge is 0.279 e. The Labute approximate surface area is 183 Å². The molecular formula is C23H33FN5O2+. The molecule has 168 valence electrons. The maximum atomic E-state index is 13.0. The molecule has 1 aromatic carbocycles. The number of nitrogens with zero attached hydrogens (tertiary/aromatic N) is 3. The second-order valence-electron chi connectivity index (χ2n) is 8.76. The monoisotopic (exact) mass is 430 g/mol. The first-order chi connectivity index (χ1) is 14.7. The lowest BCUT2D eigenvalue weighted by molar-refractivity contribution is -0.895. The first-order valence-corrected chi connectivity index (χ1v) is 10.9. The van der Waals surface area contributed by atoms with Crippen molar-refractivity contribution in [3.63, 3.8) is 0 Å². The van der Waals surface area contributed by atoms with Crippen LogP contribution in [0.5, 0.6) is 0 Å². The largest absolute Gasteiger partial charge is 0.331 e. The third-order valence-corrected chi connectivity index (χ3v) is 5.76. The lowest BCUT2D eigenvalue weighted by Crippen LogP contribution is -3.15. The highest BCUT2D eigenvalue weighted by Crippen LogP contribution is 2.16. The number of rotatable bonds is 7. The standard InChI is InChI=1S/C23H32FN5O2/c1-16(2)14-29-18(4)21(17(3)26-29)13-23(31)28-11-9-27(10-12-28)15-22(30)25-20-7-5-19(24)6-8-20/h5-8,16H,9-15H2,1-4H3,(H,25,30)/p+1. The third kappa shape index (κ3) is 6.13. The van der Waals surface area contributed by atoms with Gasteiger partial charge < -0.3 is 15.1 Å². The molecule has 1 fully saturated rings. The Hall–Kier alpha value is -2.74. The zero-order valence-electron chi connectivity index (χ0n) is 18.9. The van der Waals surface area contributed by atoms with Gasteiger partial charge in [-0.2, -0.15) is 5.10 Å². The molecule has 0 aliphatic carbocycles. The van der Waals surface area contributed by atoms with Crippen LogP contribution < -0.4 is 10.2 Å². The molecule has 0 unspecified atom stereocenters. The number of aryl methyl sites for hydroxylation is 1. The molecule has 2 N–H and O–H groups in total. The number of amides is 2. The highest BCUT2D eigenvalue weighted by molar-refractivity contribution is 5.91. The van der Waals surface area contributed by atoms with Gasteiger partial charge >= 0.3 is 0 Å². The van der Waals surface area contributed by atoms with E-state index in [4.69, 9.17) is 0 Å². The summed E-state index contributed by atoms with van der Waals surface area (Å²) in [5.41, 5.74) is 3.61. The van der Waals surface area contributed by atoms with Crippen LogP contribution in [-0.4, -0.2) is 59.2 Å². The summed E-state index contributed by atoms with van der Waals surface area (Å²) in [5.74, 6) is 0.176. The number of piperazine rings is 1. The number of aromatic nitrogens is 2. The molecule has 1 aliphatic rings. The van der Waals surface area contributed by atoms with E-state index in [1.807, 2.05) is 23.4 Å². The topological polar surface area (TPSA) is 71.7 Å². The molecule has 0 radical (unpaired) electrons. The molecule has 0 spiro atoms. The molecule has 7 nitrogen and oxygen atoms in total. The van der Waals surface area contributed by atoms with Crippen molar-refractivity contribution in [1.29, 1.82) is 0 Å². The van der Waals surface area contributed by atoms with Crippen molar-refractivity contribution in [2.75, 3.05) is 38.0 Å². The first-order valence-electron chi connectivity index (χ1n) is 10.9. The Balaban J connectivity index is 1.48. The van der Waals surface area contributed by atoms with Gasteiger partial charge in [-0.25, -0.2) is 4.39 Å². The molecule has 8 heteroatoms. The average molecular weight is 431 g/mol. The molecule has 1 saturated heterocycles. The number of carbonyl (C=O) groups is 2.